The molecule has 1 aliphatic rings. The van der Waals surface area contributed by atoms with Crippen LogP contribution in [0.5, 0.6) is 0 Å². The molecule has 1 aromatic carbocycles. The summed E-state index contributed by atoms with van der Waals surface area (Å²) in [5.74, 6) is 2.00. The first kappa shape index (κ1) is 19.1. The monoisotopic (exact) mass is 392 g/mol. The van der Waals surface area contributed by atoms with Crippen molar-refractivity contribution in [3.8, 4) is 11.5 Å². The molecule has 7 nitrogen and oxygen atoms in total. The number of hydrogen-bond donors (Lipinski definition) is 1. The lowest BCUT2D eigenvalue weighted by Crippen LogP contribution is -2.38. The molecule has 4 rings (SSSR count). The van der Waals surface area contributed by atoms with Crippen molar-refractivity contribution in [3.05, 3.63) is 65.7 Å². The van der Waals surface area contributed by atoms with Gasteiger partial charge in [0, 0.05) is 37.0 Å². The topological polar surface area (TPSA) is 80.5 Å². The van der Waals surface area contributed by atoms with Crippen LogP contribution in [-0.4, -0.2) is 42.2 Å². The second-order valence-electron chi connectivity index (χ2n) is 6.93. The number of pyridine rings is 1. The van der Waals surface area contributed by atoms with Gasteiger partial charge in [-0.05, 0) is 25.1 Å². The Labute approximate surface area is 169 Å². The second-order valence-corrected chi connectivity index (χ2v) is 6.93. The third-order valence-corrected chi connectivity index (χ3v) is 4.90. The van der Waals surface area contributed by atoms with Gasteiger partial charge in [0.1, 0.15) is 11.6 Å². The van der Waals surface area contributed by atoms with Crippen molar-refractivity contribution in [2.75, 3.05) is 31.2 Å². The molecule has 150 valence electrons. The number of ether oxygens (including phenoxy) is 1. The van der Waals surface area contributed by atoms with E-state index in [4.69, 9.17) is 9.15 Å². The molecule has 3 aromatic rings. The SMILES string of the molecule is Cc1oc(-c2ccccc2)nc1CC(=O)NCc1cccnc1N1CCOCC1. The Hall–Kier alpha value is -3.19. The maximum absolute atomic E-state index is 12.5. The number of rotatable bonds is 6. The lowest BCUT2D eigenvalue weighted by Gasteiger charge is -2.29. The van der Waals surface area contributed by atoms with E-state index >= 15 is 0 Å². The van der Waals surface area contributed by atoms with Crippen molar-refractivity contribution in [2.45, 2.75) is 19.9 Å². The Balaban J connectivity index is 1.39. The van der Waals surface area contributed by atoms with Gasteiger partial charge in [-0.3, -0.25) is 4.79 Å². The summed E-state index contributed by atoms with van der Waals surface area (Å²) in [7, 11) is 0. The summed E-state index contributed by atoms with van der Waals surface area (Å²) in [6.45, 7) is 5.24. The number of oxazole rings is 1. The smallest absolute Gasteiger partial charge is 0.226 e. The number of anilines is 1. The van der Waals surface area contributed by atoms with E-state index in [1.54, 1.807) is 6.20 Å². The minimum atomic E-state index is -0.0993. The molecule has 29 heavy (non-hydrogen) atoms. The molecular formula is C22H24N4O3. The molecule has 1 fully saturated rings. The number of aryl methyl sites for hydroxylation is 1. The number of amides is 1. The van der Waals surface area contributed by atoms with E-state index in [2.05, 4.69) is 20.2 Å². The molecule has 1 saturated heterocycles. The van der Waals surface area contributed by atoms with Crippen molar-refractivity contribution in [1.82, 2.24) is 15.3 Å². The molecule has 1 N–H and O–H groups in total. The first-order valence-electron chi connectivity index (χ1n) is 9.76. The Bertz CT molecular complexity index is 965. The first-order valence-corrected chi connectivity index (χ1v) is 9.76. The van der Waals surface area contributed by atoms with Crippen LogP contribution in [0.1, 0.15) is 17.0 Å². The van der Waals surface area contributed by atoms with Gasteiger partial charge in [0.05, 0.1) is 25.3 Å². The predicted molar refractivity (Wildman–Crippen MR) is 109 cm³/mol. The molecule has 0 radical (unpaired) electrons. The van der Waals surface area contributed by atoms with Gasteiger partial charge >= 0.3 is 0 Å². The third kappa shape index (κ3) is 4.63. The highest BCUT2D eigenvalue weighted by Gasteiger charge is 2.18. The average molecular weight is 392 g/mol. The molecule has 0 spiro atoms. The second kappa shape index (κ2) is 8.87. The third-order valence-electron chi connectivity index (χ3n) is 4.90. The van der Waals surface area contributed by atoms with Crippen LogP contribution < -0.4 is 10.2 Å². The number of benzene rings is 1. The molecule has 1 aliphatic heterocycles. The minimum absolute atomic E-state index is 0.0993. The van der Waals surface area contributed by atoms with Gasteiger partial charge in [-0.25, -0.2) is 9.97 Å². The minimum Gasteiger partial charge on any atom is -0.441 e. The molecule has 2 aromatic heterocycles. The van der Waals surface area contributed by atoms with E-state index in [0.717, 1.165) is 30.0 Å². The van der Waals surface area contributed by atoms with Gasteiger partial charge in [-0.15, -0.1) is 0 Å². The zero-order valence-corrected chi connectivity index (χ0v) is 16.4. The first-order chi connectivity index (χ1) is 14.2. The number of carbonyl (C=O) groups is 1. The lowest BCUT2D eigenvalue weighted by atomic mass is 10.2. The van der Waals surface area contributed by atoms with E-state index in [0.29, 0.717) is 37.1 Å². The van der Waals surface area contributed by atoms with Crippen LogP contribution >= 0.6 is 0 Å². The lowest BCUT2D eigenvalue weighted by molar-refractivity contribution is -0.120. The Morgan fingerprint density at radius 1 is 1.14 bits per heavy atom. The van der Waals surface area contributed by atoms with Crippen molar-refractivity contribution in [2.24, 2.45) is 0 Å². The molecule has 0 aliphatic carbocycles. The maximum atomic E-state index is 12.5. The number of morpholine rings is 1. The van der Waals surface area contributed by atoms with Gasteiger partial charge in [0.25, 0.3) is 0 Å². The largest absolute Gasteiger partial charge is 0.441 e. The van der Waals surface area contributed by atoms with Gasteiger partial charge in [-0.1, -0.05) is 24.3 Å². The van der Waals surface area contributed by atoms with Gasteiger partial charge in [0.15, 0.2) is 0 Å². The van der Waals surface area contributed by atoms with Crippen LogP contribution in [0, 0.1) is 6.92 Å². The fourth-order valence-electron chi connectivity index (χ4n) is 3.33. The zero-order chi connectivity index (χ0) is 20.1. The van der Waals surface area contributed by atoms with Crippen molar-refractivity contribution in [3.63, 3.8) is 0 Å². The number of aromatic nitrogens is 2. The summed E-state index contributed by atoms with van der Waals surface area (Å²) >= 11 is 0. The van der Waals surface area contributed by atoms with Crippen LogP contribution in [0.25, 0.3) is 11.5 Å². The summed E-state index contributed by atoms with van der Waals surface area (Å²) < 4.78 is 11.2. The summed E-state index contributed by atoms with van der Waals surface area (Å²) in [5.41, 5.74) is 2.54. The Kier molecular flexibility index (Phi) is 5.86. The quantitative estimate of drug-likeness (QED) is 0.695. The molecule has 0 saturated carbocycles. The van der Waals surface area contributed by atoms with Crippen LogP contribution in [0.4, 0.5) is 5.82 Å². The molecule has 3 heterocycles. The summed E-state index contributed by atoms with van der Waals surface area (Å²) in [6, 6.07) is 13.6. The van der Waals surface area contributed by atoms with E-state index < -0.39 is 0 Å². The molecule has 7 heteroatoms. The van der Waals surface area contributed by atoms with Gasteiger partial charge < -0.3 is 19.4 Å². The summed E-state index contributed by atoms with van der Waals surface area (Å²) in [4.78, 5) is 23.7. The highest BCUT2D eigenvalue weighted by molar-refractivity contribution is 5.78. The van der Waals surface area contributed by atoms with Crippen molar-refractivity contribution in [1.29, 1.82) is 0 Å². The Morgan fingerprint density at radius 2 is 1.93 bits per heavy atom. The predicted octanol–water partition coefficient (Wildman–Crippen LogP) is 2.74. The highest BCUT2D eigenvalue weighted by atomic mass is 16.5. The van der Waals surface area contributed by atoms with Crippen molar-refractivity contribution < 1.29 is 13.9 Å². The highest BCUT2D eigenvalue weighted by Crippen LogP contribution is 2.22. The number of carbonyl (C=O) groups excluding carboxylic acids is 1. The van der Waals surface area contributed by atoms with E-state index in [9.17, 15) is 4.79 Å². The number of nitrogens with zero attached hydrogens (tertiary/aromatic N) is 3. The average Bonchev–Trinajstić information content (AvgIpc) is 3.14. The van der Waals surface area contributed by atoms with E-state index in [1.165, 1.54) is 0 Å². The van der Waals surface area contributed by atoms with Crippen LogP contribution in [0.3, 0.4) is 0 Å². The fraction of sp³-hybridized carbons (Fsp3) is 0.318. The Morgan fingerprint density at radius 3 is 2.72 bits per heavy atom. The fourth-order valence-corrected chi connectivity index (χ4v) is 3.33. The number of hydrogen-bond acceptors (Lipinski definition) is 6. The van der Waals surface area contributed by atoms with Crippen LogP contribution in [-0.2, 0) is 22.5 Å². The van der Waals surface area contributed by atoms with Gasteiger partial charge in [-0.2, -0.15) is 0 Å². The molecule has 0 unspecified atom stereocenters. The zero-order valence-electron chi connectivity index (χ0n) is 16.4. The van der Waals surface area contributed by atoms with Gasteiger partial charge in [0.2, 0.25) is 11.8 Å². The molecular weight excluding hydrogens is 368 g/mol. The standard InChI is InChI=1S/C22H24N4O3/c1-16-19(25-22(29-16)17-6-3-2-4-7-17)14-20(27)24-15-18-8-5-9-23-21(18)26-10-12-28-13-11-26/h2-9H,10-15H2,1H3,(H,24,27). The number of nitrogens with one attached hydrogen (secondary N) is 1. The van der Waals surface area contributed by atoms with Crippen LogP contribution in [0.15, 0.2) is 53.1 Å². The van der Waals surface area contributed by atoms with E-state index in [1.807, 2.05) is 49.4 Å². The maximum Gasteiger partial charge on any atom is 0.226 e. The van der Waals surface area contributed by atoms with E-state index in [-0.39, 0.29) is 12.3 Å². The normalized spacial score (nSPS) is 14.0. The summed E-state index contributed by atoms with van der Waals surface area (Å²) in [6.07, 6.45) is 1.95. The molecule has 1 amide bonds. The molecule has 0 atom stereocenters. The molecule has 0 bridgehead atoms. The summed E-state index contributed by atoms with van der Waals surface area (Å²) in [5, 5.41) is 2.98. The van der Waals surface area contributed by atoms with Crippen molar-refractivity contribution >= 4 is 11.7 Å². The van der Waals surface area contributed by atoms with Crippen LogP contribution in [0.2, 0.25) is 0 Å².